The van der Waals surface area contributed by atoms with Gasteiger partial charge in [0.1, 0.15) is 0 Å². The smallest absolute Gasteiger partial charge is 0.0587 e. The predicted molar refractivity (Wildman–Crippen MR) is 69.0 cm³/mol. The van der Waals surface area contributed by atoms with Gasteiger partial charge in [-0.05, 0) is 32.1 Å². The fraction of sp³-hybridized carbons (Fsp3) is 1.00. The average Bonchev–Trinajstić information content (AvgIpc) is 2.86. The van der Waals surface area contributed by atoms with Gasteiger partial charge in [-0.2, -0.15) is 0 Å². The molecule has 2 fully saturated rings. The summed E-state index contributed by atoms with van der Waals surface area (Å²) in [5.74, 6) is 0. The van der Waals surface area contributed by atoms with Crippen molar-refractivity contribution in [1.29, 1.82) is 0 Å². The normalized spacial score (nSPS) is 32.8. The summed E-state index contributed by atoms with van der Waals surface area (Å²) < 4.78 is 5.69. The number of aliphatic hydroxyl groups is 1. The number of nitrogens with one attached hydrogen (secondary N) is 1. The van der Waals surface area contributed by atoms with E-state index < -0.39 is 0 Å². The highest BCUT2D eigenvalue weighted by Gasteiger charge is 2.34. The molecule has 1 heterocycles. The fourth-order valence-electron chi connectivity index (χ4n) is 3.23. The third kappa shape index (κ3) is 3.43. The van der Waals surface area contributed by atoms with Crippen LogP contribution in [0.4, 0.5) is 0 Å². The lowest BCUT2D eigenvalue weighted by atomic mass is 9.86. The van der Waals surface area contributed by atoms with E-state index in [9.17, 15) is 5.11 Å². The van der Waals surface area contributed by atoms with E-state index in [1.165, 1.54) is 25.7 Å². The molecule has 0 amide bonds. The second kappa shape index (κ2) is 6.17. The lowest BCUT2D eigenvalue weighted by Crippen LogP contribution is -2.44. The van der Waals surface area contributed by atoms with Crippen molar-refractivity contribution in [2.75, 3.05) is 19.8 Å². The molecule has 3 heteroatoms. The van der Waals surface area contributed by atoms with Crippen molar-refractivity contribution < 1.29 is 9.84 Å². The van der Waals surface area contributed by atoms with E-state index in [-0.39, 0.29) is 5.41 Å². The first-order valence-corrected chi connectivity index (χ1v) is 7.24. The van der Waals surface area contributed by atoms with Crippen LogP contribution >= 0.6 is 0 Å². The van der Waals surface area contributed by atoms with Crippen LogP contribution in [-0.2, 0) is 4.74 Å². The van der Waals surface area contributed by atoms with Crippen LogP contribution in [0, 0.1) is 5.41 Å². The first-order valence-electron chi connectivity index (χ1n) is 7.24. The summed E-state index contributed by atoms with van der Waals surface area (Å²) in [6.07, 6.45) is 8.77. The zero-order chi connectivity index (χ0) is 12.1. The lowest BCUT2D eigenvalue weighted by Gasteiger charge is -2.34. The van der Waals surface area contributed by atoms with Crippen LogP contribution in [0.15, 0.2) is 0 Å². The van der Waals surface area contributed by atoms with Gasteiger partial charge in [0.15, 0.2) is 0 Å². The van der Waals surface area contributed by atoms with Gasteiger partial charge in [-0.25, -0.2) is 0 Å². The van der Waals surface area contributed by atoms with Gasteiger partial charge >= 0.3 is 0 Å². The monoisotopic (exact) mass is 241 g/mol. The van der Waals surface area contributed by atoms with Crippen molar-refractivity contribution in [2.24, 2.45) is 5.41 Å². The summed E-state index contributed by atoms with van der Waals surface area (Å²) in [6, 6.07) is 0.595. The maximum atomic E-state index is 9.58. The molecule has 0 spiro atoms. The van der Waals surface area contributed by atoms with Gasteiger partial charge in [0.05, 0.1) is 6.10 Å². The van der Waals surface area contributed by atoms with Crippen molar-refractivity contribution in [3.05, 3.63) is 0 Å². The van der Waals surface area contributed by atoms with Crippen LogP contribution in [0.2, 0.25) is 0 Å². The number of aliphatic hydroxyl groups excluding tert-OH is 1. The third-order valence-electron chi connectivity index (χ3n) is 4.59. The SMILES string of the molecule is CCC1CC(NCC2(CO)CCCC2)CCO1. The Kier molecular flexibility index (Phi) is 4.83. The van der Waals surface area contributed by atoms with Gasteiger partial charge in [-0.15, -0.1) is 0 Å². The van der Waals surface area contributed by atoms with Crippen LogP contribution < -0.4 is 5.32 Å². The minimum Gasteiger partial charge on any atom is -0.396 e. The Morgan fingerprint density at radius 2 is 2.12 bits per heavy atom. The number of rotatable bonds is 5. The maximum absolute atomic E-state index is 9.58. The Labute approximate surface area is 105 Å². The second-order valence-electron chi connectivity index (χ2n) is 5.87. The fourth-order valence-corrected chi connectivity index (χ4v) is 3.23. The summed E-state index contributed by atoms with van der Waals surface area (Å²) >= 11 is 0. The summed E-state index contributed by atoms with van der Waals surface area (Å²) in [4.78, 5) is 0. The van der Waals surface area contributed by atoms with E-state index >= 15 is 0 Å². The zero-order valence-electron chi connectivity index (χ0n) is 11.1. The molecule has 2 N–H and O–H groups in total. The van der Waals surface area contributed by atoms with E-state index in [4.69, 9.17) is 4.74 Å². The summed E-state index contributed by atoms with van der Waals surface area (Å²) in [6.45, 7) is 4.42. The molecule has 2 unspecified atom stereocenters. The van der Waals surface area contributed by atoms with Crippen LogP contribution in [0.5, 0.6) is 0 Å². The highest BCUT2D eigenvalue weighted by atomic mass is 16.5. The van der Waals surface area contributed by atoms with Gasteiger partial charge in [-0.1, -0.05) is 19.8 Å². The Bertz CT molecular complexity index is 226. The second-order valence-corrected chi connectivity index (χ2v) is 5.87. The molecule has 2 atom stereocenters. The minimum atomic E-state index is 0.181. The molecule has 1 aliphatic heterocycles. The maximum Gasteiger partial charge on any atom is 0.0587 e. The highest BCUT2D eigenvalue weighted by Crippen LogP contribution is 2.37. The molecule has 1 saturated heterocycles. The summed E-state index contributed by atoms with van der Waals surface area (Å²) in [5.41, 5.74) is 0.181. The summed E-state index contributed by atoms with van der Waals surface area (Å²) in [7, 11) is 0. The molecule has 100 valence electrons. The van der Waals surface area contributed by atoms with E-state index in [2.05, 4.69) is 12.2 Å². The molecule has 0 aromatic rings. The lowest BCUT2D eigenvalue weighted by molar-refractivity contribution is -0.00316. The van der Waals surface area contributed by atoms with Gasteiger partial charge in [-0.3, -0.25) is 0 Å². The molecule has 0 radical (unpaired) electrons. The quantitative estimate of drug-likeness (QED) is 0.774. The van der Waals surface area contributed by atoms with Crippen LogP contribution in [0.3, 0.4) is 0 Å². The zero-order valence-corrected chi connectivity index (χ0v) is 11.1. The van der Waals surface area contributed by atoms with Gasteiger partial charge in [0.25, 0.3) is 0 Å². The number of hydrogen-bond acceptors (Lipinski definition) is 3. The molecule has 2 rings (SSSR count). The van der Waals surface area contributed by atoms with E-state index in [0.29, 0.717) is 18.8 Å². The Morgan fingerprint density at radius 1 is 1.35 bits per heavy atom. The first kappa shape index (κ1) is 13.3. The van der Waals surface area contributed by atoms with Crippen molar-refractivity contribution in [3.63, 3.8) is 0 Å². The van der Waals surface area contributed by atoms with Crippen LogP contribution in [-0.4, -0.2) is 37.0 Å². The first-order chi connectivity index (χ1) is 8.28. The Morgan fingerprint density at radius 3 is 2.76 bits per heavy atom. The molecular weight excluding hydrogens is 214 g/mol. The molecule has 3 nitrogen and oxygen atoms in total. The molecule has 17 heavy (non-hydrogen) atoms. The molecule has 1 saturated carbocycles. The summed E-state index contributed by atoms with van der Waals surface area (Å²) in [5, 5.41) is 13.3. The predicted octanol–water partition coefficient (Wildman–Crippen LogP) is 2.09. The average molecular weight is 241 g/mol. The van der Waals surface area contributed by atoms with Gasteiger partial charge in [0, 0.05) is 31.2 Å². The van der Waals surface area contributed by atoms with Crippen molar-refractivity contribution in [1.82, 2.24) is 5.32 Å². The number of hydrogen-bond donors (Lipinski definition) is 2. The number of ether oxygens (including phenoxy) is 1. The van der Waals surface area contributed by atoms with Crippen molar-refractivity contribution >= 4 is 0 Å². The minimum absolute atomic E-state index is 0.181. The van der Waals surface area contributed by atoms with E-state index in [1.807, 2.05) is 0 Å². The standard InChI is InChI=1S/C14H27NO2/c1-2-13-9-12(5-8-17-13)15-10-14(11-16)6-3-4-7-14/h12-13,15-16H,2-11H2,1H3. The van der Waals surface area contributed by atoms with Crippen LogP contribution in [0.25, 0.3) is 0 Å². The Hall–Kier alpha value is -0.120. The van der Waals surface area contributed by atoms with Crippen LogP contribution in [0.1, 0.15) is 51.9 Å². The van der Waals surface area contributed by atoms with Crippen molar-refractivity contribution in [3.8, 4) is 0 Å². The van der Waals surface area contributed by atoms with Crippen molar-refractivity contribution in [2.45, 2.75) is 64.0 Å². The molecular formula is C14H27NO2. The molecule has 0 aromatic heterocycles. The molecule has 2 aliphatic rings. The highest BCUT2D eigenvalue weighted by molar-refractivity contribution is 4.88. The Balaban J connectivity index is 1.76. The molecule has 0 aromatic carbocycles. The van der Waals surface area contributed by atoms with E-state index in [1.54, 1.807) is 0 Å². The van der Waals surface area contributed by atoms with Gasteiger partial charge < -0.3 is 15.2 Å². The third-order valence-corrected chi connectivity index (χ3v) is 4.59. The molecule has 1 aliphatic carbocycles. The van der Waals surface area contributed by atoms with E-state index in [0.717, 1.165) is 32.4 Å². The topological polar surface area (TPSA) is 41.5 Å². The molecule has 0 bridgehead atoms. The van der Waals surface area contributed by atoms with Gasteiger partial charge in [0.2, 0.25) is 0 Å². The largest absolute Gasteiger partial charge is 0.396 e.